The van der Waals surface area contributed by atoms with Gasteiger partial charge in [-0.05, 0) is 19.1 Å². The van der Waals surface area contributed by atoms with Crippen LogP contribution in [0.4, 0.5) is 4.39 Å². The Balaban J connectivity index is 2.47. The molecule has 1 aromatic carbocycles. The van der Waals surface area contributed by atoms with Gasteiger partial charge in [-0.25, -0.2) is 4.39 Å². The molecular formula is C10H9ClFN3O. The number of halogens is 2. The van der Waals surface area contributed by atoms with E-state index in [1.54, 1.807) is 13.0 Å². The molecule has 2 aromatic rings. The zero-order valence-electron chi connectivity index (χ0n) is 8.45. The number of rotatable bonds is 2. The highest BCUT2D eigenvalue weighted by atomic mass is 35.5. The van der Waals surface area contributed by atoms with Crippen molar-refractivity contribution in [1.29, 1.82) is 0 Å². The second-order valence-electron chi connectivity index (χ2n) is 3.34. The van der Waals surface area contributed by atoms with Gasteiger partial charge in [0.1, 0.15) is 5.82 Å². The molecule has 0 amide bonds. The van der Waals surface area contributed by atoms with Gasteiger partial charge >= 0.3 is 0 Å². The van der Waals surface area contributed by atoms with E-state index in [0.29, 0.717) is 5.56 Å². The Morgan fingerprint density at radius 1 is 1.44 bits per heavy atom. The zero-order chi connectivity index (χ0) is 11.7. The highest BCUT2D eigenvalue weighted by Gasteiger charge is 2.15. The van der Waals surface area contributed by atoms with E-state index in [1.807, 2.05) is 0 Å². The van der Waals surface area contributed by atoms with Crippen LogP contribution in [0.3, 0.4) is 0 Å². The lowest BCUT2D eigenvalue weighted by molar-refractivity contribution is 0.473. The number of nitrogens with two attached hydrogens (primary N) is 1. The van der Waals surface area contributed by atoms with Crippen molar-refractivity contribution in [2.24, 2.45) is 5.73 Å². The lowest BCUT2D eigenvalue weighted by atomic mass is 10.2. The normalized spacial score (nSPS) is 12.8. The Bertz CT molecular complexity index is 513. The van der Waals surface area contributed by atoms with Crippen LogP contribution in [-0.2, 0) is 0 Å². The monoisotopic (exact) mass is 241 g/mol. The Kier molecular flexibility index (Phi) is 2.89. The summed E-state index contributed by atoms with van der Waals surface area (Å²) in [6, 6.07) is 4.01. The molecule has 0 saturated heterocycles. The molecule has 0 saturated carbocycles. The summed E-state index contributed by atoms with van der Waals surface area (Å²) in [7, 11) is 0. The molecule has 1 aromatic heterocycles. The standard InChI is InChI=1S/C10H9ClFN3O/c1-5(13)9-14-15-10(16-9)6-3-2-4-7(12)8(6)11/h2-5H,13H2,1H3. The van der Waals surface area contributed by atoms with Crippen LogP contribution < -0.4 is 5.73 Å². The van der Waals surface area contributed by atoms with E-state index in [9.17, 15) is 4.39 Å². The van der Waals surface area contributed by atoms with E-state index < -0.39 is 5.82 Å². The molecule has 4 nitrogen and oxygen atoms in total. The summed E-state index contributed by atoms with van der Waals surface area (Å²) < 4.78 is 18.5. The summed E-state index contributed by atoms with van der Waals surface area (Å²) in [5.41, 5.74) is 5.93. The summed E-state index contributed by atoms with van der Waals surface area (Å²) in [5.74, 6) is -0.0770. The molecule has 0 bridgehead atoms. The van der Waals surface area contributed by atoms with Crippen LogP contribution in [0, 0.1) is 5.82 Å². The minimum Gasteiger partial charge on any atom is -0.419 e. The summed E-state index contributed by atoms with van der Waals surface area (Å²) in [5, 5.41) is 7.46. The van der Waals surface area contributed by atoms with Gasteiger partial charge in [-0.15, -0.1) is 10.2 Å². The summed E-state index contributed by atoms with van der Waals surface area (Å²) in [4.78, 5) is 0. The molecule has 84 valence electrons. The first-order chi connectivity index (χ1) is 7.59. The molecular weight excluding hydrogens is 233 g/mol. The van der Waals surface area contributed by atoms with E-state index in [1.165, 1.54) is 12.1 Å². The fourth-order valence-electron chi connectivity index (χ4n) is 1.20. The summed E-state index contributed by atoms with van der Waals surface area (Å²) in [6.45, 7) is 1.71. The second kappa shape index (κ2) is 4.19. The van der Waals surface area contributed by atoms with E-state index in [-0.39, 0.29) is 22.8 Å². The minimum absolute atomic E-state index is 0.0395. The molecule has 2 N–H and O–H groups in total. The Hall–Kier alpha value is -1.46. The molecule has 2 rings (SSSR count). The number of benzene rings is 1. The maximum atomic E-state index is 13.2. The third-order valence-electron chi connectivity index (χ3n) is 2.01. The fraction of sp³-hybridized carbons (Fsp3) is 0.200. The molecule has 6 heteroatoms. The van der Waals surface area contributed by atoms with Gasteiger partial charge in [-0.3, -0.25) is 0 Å². The van der Waals surface area contributed by atoms with Gasteiger partial charge in [-0.1, -0.05) is 17.7 Å². The molecule has 1 unspecified atom stereocenters. The number of nitrogens with zero attached hydrogens (tertiary/aromatic N) is 2. The van der Waals surface area contributed by atoms with Gasteiger partial charge < -0.3 is 10.2 Å². The number of aromatic nitrogens is 2. The van der Waals surface area contributed by atoms with Crippen LogP contribution in [0.25, 0.3) is 11.5 Å². The van der Waals surface area contributed by atoms with Gasteiger partial charge in [0, 0.05) is 0 Å². The van der Waals surface area contributed by atoms with E-state index in [2.05, 4.69) is 10.2 Å². The van der Waals surface area contributed by atoms with E-state index in [4.69, 9.17) is 21.8 Å². The van der Waals surface area contributed by atoms with Gasteiger partial charge in [0.15, 0.2) is 0 Å². The van der Waals surface area contributed by atoms with Crippen molar-refractivity contribution >= 4 is 11.6 Å². The highest BCUT2D eigenvalue weighted by molar-refractivity contribution is 6.33. The summed E-state index contributed by atoms with van der Waals surface area (Å²) in [6.07, 6.45) is 0. The molecule has 16 heavy (non-hydrogen) atoms. The zero-order valence-corrected chi connectivity index (χ0v) is 9.20. The predicted octanol–water partition coefficient (Wildman–Crippen LogP) is 2.55. The van der Waals surface area contributed by atoms with Crippen molar-refractivity contribution in [3.63, 3.8) is 0 Å². The SMILES string of the molecule is CC(N)c1nnc(-c2cccc(F)c2Cl)o1. The van der Waals surface area contributed by atoms with Crippen molar-refractivity contribution in [3.05, 3.63) is 34.9 Å². The van der Waals surface area contributed by atoms with Crippen molar-refractivity contribution in [2.45, 2.75) is 13.0 Å². The average molecular weight is 242 g/mol. The van der Waals surface area contributed by atoms with Gasteiger partial charge in [0.05, 0.1) is 16.6 Å². The molecule has 0 radical (unpaired) electrons. The topological polar surface area (TPSA) is 64.9 Å². The first-order valence-electron chi connectivity index (χ1n) is 4.63. The quantitative estimate of drug-likeness (QED) is 0.878. The van der Waals surface area contributed by atoms with E-state index in [0.717, 1.165) is 0 Å². The minimum atomic E-state index is -0.528. The third-order valence-corrected chi connectivity index (χ3v) is 2.40. The van der Waals surface area contributed by atoms with Gasteiger partial charge in [0.25, 0.3) is 0 Å². The van der Waals surface area contributed by atoms with Crippen LogP contribution in [-0.4, -0.2) is 10.2 Å². The van der Waals surface area contributed by atoms with Crippen LogP contribution in [0.2, 0.25) is 5.02 Å². The molecule has 1 atom stereocenters. The largest absolute Gasteiger partial charge is 0.419 e. The van der Waals surface area contributed by atoms with Gasteiger partial charge in [-0.2, -0.15) is 0 Å². The highest BCUT2D eigenvalue weighted by Crippen LogP contribution is 2.29. The summed E-state index contributed by atoms with van der Waals surface area (Å²) >= 11 is 5.78. The average Bonchev–Trinajstić information content (AvgIpc) is 2.71. The van der Waals surface area contributed by atoms with Crippen LogP contribution in [0.5, 0.6) is 0 Å². The lowest BCUT2D eigenvalue weighted by Crippen LogP contribution is -2.04. The molecule has 0 fully saturated rings. The predicted molar refractivity (Wildman–Crippen MR) is 57.3 cm³/mol. The van der Waals surface area contributed by atoms with Crippen molar-refractivity contribution < 1.29 is 8.81 Å². The Labute approximate surface area is 96.2 Å². The first kappa shape index (κ1) is 11.0. The maximum Gasteiger partial charge on any atom is 0.249 e. The third kappa shape index (κ3) is 1.91. The lowest BCUT2D eigenvalue weighted by Gasteiger charge is -1.99. The molecule has 0 aliphatic heterocycles. The van der Waals surface area contributed by atoms with Crippen LogP contribution >= 0.6 is 11.6 Å². The van der Waals surface area contributed by atoms with Crippen LogP contribution in [0.15, 0.2) is 22.6 Å². The molecule has 1 heterocycles. The van der Waals surface area contributed by atoms with Crippen molar-refractivity contribution in [1.82, 2.24) is 10.2 Å². The van der Waals surface area contributed by atoms with E-state index >= 15 is 0 Å². The molecule has 0 spiro atoms. The second-order valence-corrected chi connectivity index (χ2v) is 3.71. The van der Waals surface area contributed by atoms with Crippen LogP contribution in [0.1, 0.15) is 18.9 Å². The number of hydrogen-bond acceptors (Lipinski definition) is 4. The molecule has 0 aliphatic carbocycles. The fourth-order valence-corrected chi connectivity index (χ4v) is 1.40. The number of hydrogen-bond donors (Lipinski definition) is 1. The van der Waals surface area contributed by atoms with Crippen molar-refractivity contribution in [2.75, 3.05) is 0 Å². The van der Waals surface area contributed by atoms with Crippen molar-refractivity contribution in [3.8, 4) is 11.5 Å². The maximum absolute atomic E-state index is 13.2. The Morgan fingerprint density at radius 3 is 2.81 bits per heavy atom. The van der Waals surface area contributed by atoms with Gasteiger partial charge in [0.2, 0.25) is 11.8 Å². The Morgan fingerprint density at radius 2 is 2.19 bits per heavy atom. The molecule has 0 aliphatic rings. The first-order valence-corrected chi connectivity index (χ1v) is 5.00. The smallest absolute Gasteiger partial charge is 0.249 e.